The molecule has 0 saturated heterocycles. The lowest BCUT2D eigenvalue weighted by molar-refractivity contribution is 0.879. The molecule has 1 rings (SSSR count). The molecule has 0 radical (unpaired) electrons. The van der Waals surface area contributed by atoms with Gasteiger partial charge in [0.15, 0.2) is 0 Å². The van der Waals surface area contributed by atoms with Gasteiger partial charge in [0.2, 0.25) is 0 Å². The molecule has 0 nitrogen and oxygen atoms in total. The number of rotatable bonds is 1. The Hall–Kier alpha value is -0.520. The van der Waals surface area contributed by atoms with Gasteiger partial charge in [-0.15, -0.1) is 0 Å². The second-order valence-corrected chi connectivity index (χ2v) is 2.77. The fourth-order valence-corrected chi connectivity index (χ4v) is 1.14. The zero-order chi connectivity index (χ0) is 6.85. The van der Waals surface area contributed by atoms with Crippen molar-refractivity contribution in [1.29, 1.82) is 0 Å². The summed E-state index contributed by atoms with van der Waals surface area (Å²) >= 11 is 0. The van der Waals surface area contributed by atoms with Crippen LogP contribution in [0.5, 0.6) is 0 Å². The Morgan fingerprint density at radius 1 is 1.56 bits per heavy atom. The van der Waals surface area contributed by atoms with Crippen LogP contribution in [0.3, 0.4) is 0 Å². The minimum absolute atomic E-state index is 0.694. The van der Waals surface area contributed by atoms with Gasteiger partial charge in [-0.2, -0.15) is 0 Å². The van der Waals surface area contributed by atoms with Crippen LogP contribution in [-0.2, 0) is 0 Å². The van der Waals surface area contributed by atoms with Crippen molar-refractivity contribution in [2.75, 3.05) is 0 Å². The molecule has 1 unspecified atom stereocenters. The summed E-state index contributed by atoms with van der Waals surface area (Å²) in [6.45, 7) is 6.64. The summed E-state index contributed by atoms with van der Waals surface area (Å²) < 4.78 is 0. The van der Waals surface area contributed by atoms with Gasteiger partial charge >= 0.3 is 0 Å². The molecule has 0 fully saturated rings. The minimum Gasteiger partial charge on any atom is -0.0744 e. The van der Waals surface area contributed by atoms with Crippen molar-refractivity contribution in [3.05, 3.63) is 23.3 Å². The average Bonchev–Trinajstić information content (AvgIpc) is 2.13. The van der Waals surface area contributed by atoms with Gasteiger partial charge in [0.1, 0.15) is 0 Å². The molecule has 9 heavy (non-hydrogen) atoms. The van der Waals surface area contributed by atoms with Gasteiger partial charge in [-0.1, -0.05) is 37.1 Å². The summed E-state index contributed by atoms with van der Waals surface area (Å²) in [5.41, 5.74) is 3.01. The molecule has 0 N–H and O–H groups in total. The molecule has 0 heteroatoms. The van der Waals surface area contributed by atoms with E-state index in [0.29, 0.717) is 5.92 Å². The van der Waals surface area contributed by atoms with E-state index in [1.54, 1.807) is 0 Å². The molecule has 0 aromatic heterocycles. The van der Waals surface area contributed by atoms with Crippen molar-refractivity contribution in [3.8, 4) is 0 Å². The highest BCUT2D eigenvalue weighted by molar-refractivity contribution is 5.33. The van der Waals surface area contributed by atoms with Crippen LogP contribution in [-0.4, -0.2) is 0 Å². The van der Waals surface area contributed by atoms with Gasteiger partial charge < -0.3 is 0 Å². The summed E-state index contributed by atoms with van der Waals surface area (Å²) in [6.07, 6.45) is 5.82. The Morgan fingerprint density at radius 2 is 2.22 bits per heavy atom. The van der Waals surface area contributed by atoms with Crippen molar-refractivity contribution in [2.24, 2.45) is 5.92 Å². The van der Waals surface area contributed by atoms with E-state index in [-0.39, 0.29) is 0 Å². The summed E-state index contributed by atoms with van der Waals surface area (Å²) in [5, 5.41) is 0. The maximum Gasteiger partial charge on any atom is -0.00454 e. The first kappa shape index (κ1) is 6.60. The van der Waals surface area contributed by atoms with E-state index in [4.69, 9.17) is 0 Å². The van der Waals surface area contributed by atoms with Crippen molar-refractivity contribution < 1.29 is 0 Å². The third-order valence-corrected chi connectivity index (χ3v) is 2.00. The molecule has 0 aliphatic heterocycles. The number of allylic oxidation sites excluding steroid dienone is 4. The van der Waals surface area contributed by atoms with E-state index in [1.807, 2.05) is 0 Å². The first-order chi connectivity index (χ1) is 4.24. The average molecular weight is 122 g/mol. The zero-order valence-corrected chi connectivity index (χ0v) is 6.44. The first-order valence-corrected chi connectivity index (χ1v) is 3.63. The van der Waals surface area contributed by atoms with Crippen LogP contribution >= 0.6 is 0 Å². The highest BCUT2D eigenvalue weighted by Crippen LogP contribution is 2.24. The van der Waals surface area contributed by atoms with Gasteiger partial charge in [-0.25, -0.2) is 0 Å². The van der Waals surface area contributed by atoms with Crippen LogP contribution in [0.25, 0.3) is 0 Å². The molecule has 1 aliphatic rings. The van der Waals surface area contributed by atoms with Gasteiger partial charge in [0.05, 0.1) is 0 Å². The quantitative estimate of drug-likeness (QED) is 0.501. The molecule has 0 saturated carbocycles. The molecular formula is C9H14. The molecule has 0 spiro atoms. The largest absolute Gasteiger partial charge is 0.0744 e. The minimum atomic E-state index is 0.694. The summed E-state index contributed by atoms with van der Waals surface area (Å²) in [4.78, 5) is 0. The first-order valence-electron chi connectivity index (χ1n) is 3.63. The van der Waals surface area contributed by atoms with Gasteiger partial charge in [-0.3, -0.25) is 0 Å². The van der Waals surface area contributed by atoms with Crippen molar-refractivity contribution in [1.82, 2.24) is 0 Å². The predicted molar refractivity (Wildman–Crippen MR) is 41.3 cm³/mol. The smallest absolute Gasteiger partial charge is 0.00454 e. The molecular weight excluding hydrogens is 108 g/mol. The van der Waals surface area contributed by atoms with E-state index in [0.717, 1.165) is 0 Å². The Labute approximate surface area is 57.3 Å². The normalized spacial score (nSPS) is 25.9. The molecule has 0 aromatic carbocycles. The fraction of sp³-hybridized carbons (Fsp3) is 0.556. The second kappa shape index (κ2) is 2.38. The van der Waals surface area contributed by atoms with Crippen LogP contribution in [0.1, 0.15) is 27.2 Å². The lowest BCUT2D eigenvalue weighted by atomic mass is 10.1. The summed E-state index contributed by atoms with van der Waals surface area (Å²) in [5.74, 6) is 0.694. The molecule has 50 valence electrons. The van der Waals surface area contributed by atoms with Crippen LogP contribution in [0.2, 0.25) is 0 Å². The maximum atomic E-state index is 2.34. The lowest BCUT2D eigenvalue weighted by Crippen LogP contribution is -1.83. The molecule has 0 amide bonds. The zero-order valence-electron chi connectivity index (χ0n) is 6.44. The van der Waals surface area contributed by atoms with Crippen LogP contribution < -0.4 is 0 Å². The standard InChI is InChI=1S/C9H14/c1-4-9-5-7(2)8(3)6-9/h5-7H,4H2,1-3H3. The van der Waals surface area contributed by atoms with Crippen molar-refractivity contribution in [3.63, 3.8) is 0 Å². The van der Waals surface area contributed by atoms with E-state index in [1.165, 1.54) is 17.6 Å². The SMILES string of the molecule is CCC1=CC(C)C(C)=C1. The van der Waals surface area contributed by atoms with Gasteiger partial charge in [0.25, 0.3) is 0 Å². The third-order valence-electron chi connectivity index (χ3n) is 2.00. The van der Waals surface area contributed by atoms with Crippen molar-refractivity contribution >= 4 is 0 Å². The summed E-state index contributed by atoms with van der Waals surface area (Å²) in [7, 11) is 0. The number of hydrogen-bond acceptors (Lipinski definition) is 0. The summed E-state index contributed by atoms with van der Waals surface area (Å²) in [6, 6.07) is 0. The molecule has 0 bridgehead atoms. The predicted octanol–water partition coefficient (Wildman–Crippen LogP) is 2.92. The van der Waals surface area contributed by atoms with E-state index < -0.39 is 0 Å². The maximum absolute atomic E-state index is 2.34. The van der Waals surface area contributed by atoms with Crippen molar-refractivity contribution in [2.45, 2.75) is 27.2 Å². The Bertz CT molecular complexity index is 161. The fourth-order valence-electron chi connectivity index (χ4n) is 1.14. The monoisotopic (exact) mass is 122 g/mol. The van der Waals surface area contributed by atoms with Crippen LogP contribution in [0, 0.1) is 5.92 Å². The lowest BCUT2D eigenvalue weighted by Gasteiger charge is -1.96. The number of hydrogen-bond donors (Lipinski definition) is 0. The Morgan fingerprint density at radius 3 is 2.44 bits per heavy atom. The van der Waals surface area contributed by atoms with E-state index >= 15 is 0 Å². The van der Waals surface area contributed by atoms with Crippen LogP contribution in [0.15, 0.2) is 23.3 Å². The van der Waals surface area contributed by atoms with Gasteiger partial charge in [-0.05, 0) is 19.3 Å². The third kappa shape index (κ3) is 1.24. The molecule has 0 heterocycles. The molecule has 1 aliphatic carbocycles. The highest BCUT2D eigenvalue weighted by atomic mass is 14.1. The topological polar surface area (TPSA) is 0 Å². The van der Waals surface area contributed by atoms with Crippen LogP contribution in [0.4, 0.5) is 0 Å². The van der Waals surface area contributed by atoms with E-state index in [2.05, 4.69) is 32.9 Å². The van der Waals surface area contributed by atoms with Gasteiger partial charge in [0, 0.05) is 0 Å². The van der Waals surface area contributed by atoms with E-state index in [9.17, 15) is 0 Å². The molecule has 1 atom stereocenters. The second-order valence-electron chi connectivity index (χ2n) is 2.77. The highest BCUT2D eigenvalue weighted by Gasteiger charge is 2.07. The Kier molecular flexibility index (Phi) is 1.75. The Balaban J connectivity index is 2.70. The molecule has 0 aromatic rings.